The van der Waals surface area contributed by atoms with E-state index in [4.69, 9.17) is 44.6 Å². The van der Waals surface area contributed by atoms with Gasteiger partial charge in [-0.05, 0) is 91.1 Å². The molecule has 10 rings (SSSR count). The first kappa shape index (κ1) is 49.9. The highest BCUT2D eigenvalue weighted by Gasteiger charge is 2.29. The van der Waals surface area contributed by atoms with E-state index in [2.05, 4.69) is 64.1 Å². The van der Waals surface area contributed by atoms with Gasteiger partial charge in [0, 0.05) is 49.6 Å². The van der Waals surface area contributed by atoms with Crippen LogP contribution in [0.4, 0.5) is 0 Å². The van der Waals surface area contributed by atoms with Crippen molar-refractivity contribution in [3.63, 3.8) is 0 Å². The van der Waals surface area contributed by atoms with E-state index in [1.807, 2.05) is 86.3 Å². The summed E-state index contributed by atoms with van der Waals surface area (Å²) in [5.74, 6) is 1.44. The number of aromatic nitrogens is 14. The zero-order valence-corrected chi connectivity index (χ0v) is 43.5. The van der Waals surface area contributed by atoms with Gasteiger partial charge in [-0.1, -0.05) is 13.8 Å². The Kier molecular flexibility index (Phi) is 13.9. The van der Waals surface area contributed by atoms with Crippen LogP contribution in [0, 0.1) is 32.1 Å². The Morgan fingerprint density at radius 1 is 0.770 bits per heavy atom. The first-order valence-corrected chi connectivity index (χ1v) is 25.1. The van der Waals surface area contributed by atoms with Gasteiger partial charge in [0.2, 0.25) is 17.6 Å². The average Bonchev–Trinajstić information content (AvgIpc) is 4.21. The highest BCUT2D eigenvalue weighted by atomic mass is 16.5. The highest BCUT2D eigenvalue weighted by Crippen LogP contribution is 2.39. The van der Waals surface area contributed by atoms with E-state index in [0.29, 0.717) is 96.3 Å². The normalized spacial score (nSPS) is 17.4. The van der Waals surface area contributed by atoms with Crippen LogP contribution < -0.4 is 14.2 Å². The molecule has 74 heavy (non-hydrogen) atoms. The molecule has 0 amide bonds. The molecule has 8 aromatic rings. The minimum atomic E-state index is -0.376. The van der Waals surface area contributed by atoms with Crippen LogP contribution in [0.2, 0.25) is 0 Å². The third-order valence-corrected chi connectivity index (χ3v) is 13.7. The van der Waals surface area contributed by atoms with Crippen molar-refractivity contribution in [1.29, 1.82) is 5.26 Å². The third-order valence-electron chi connectivity index (χ3n) is 13.7. The molecule has 0 saturated carbocycles. The van der Waals surface area contributed by atoms with Gasteiger partial charge in [-0.2, -0.15) is 30.8 Å². The molecule has 3 N–H and O–H groups in total. The first-order chi connectivity index (χ1) is 35.8. The number of likely N-dealkylation sites (N-methyl/N-ethyl adjacent to an activating group) is 2. The molecule has 2 atom stereocenters. The molecule has 22 nitrogen and oxygen atoms in total. The Morgan fingerprint density at radius 2 is 1.47 bits per heavy atom. The topological polar surface area (TPSA) is 242 Å². The number of H-pyrrole nitrogens is 1. The van der Waals surface area contributed by atoms with Crippen molar-refractivity contribution in [1.82, 2.24) is 78.9 Å². The minimum Gasteiger partial charge on any atom is -0.473 e. The predicted molar refractivity (Wildman–Crippen MR) is 279 cm³/mol. The molecule has 2 aliphatic rings. The standard InChI is InChI=1S/C52H63N17O5/c1-10-39-35-12-15-41-37-22-42(47-32(5)58-64(9)51(47)73-31(4)26-65(11-2)28-46(35)66(60-39)17-19-70)54-24-44(37)68(61-41)29-69-52-48(33(6)59-69)43-23-38-40(56-57-49(38)34(7)55-43)14-13-36-45(27-63(8)25-30(3)74-52)67(18-20-71)62-50(36)72-21-16-53/h12-15,22-24,30-31,70-71H,10-11,17-21,25-29H2,1-9H3,(H,56,57)/b14-13+,15-12+/t30-,31-/m0/s1. The fourth-order valence-electron chi connectivity index (χ4n) is 10.4. The van der Waals surface area contributed by atoms with Crippen LogP contribution >= 0.6 is 0 Å². The summed E-state index contributed by atoms with van der Waals surface area (Å²) in [7, 11) is 3.89. The second-order valence-corrected chi connectivity index (χ2v) is 19.1. The quantitative estimate of drug-likeness (QED) is 0.155. The van der Waals surface area contributed by atoms with Gasteiger partial charge in [0.05, 0.1) is 112 Å². The number of hydrogen-bond donors (Lipinski definition) is 3. The summed E-state index contributed by atoms with van der Waals surface area (Å²) in [5.41, 5.74) is 12.5. The Bertz CT molecular complexity index is 3490. The minimum absolute atomic E-state index is 0.0395. The number of aliphatic hydroxyl groups is 2. The van der Waals surface area contributed by atoms with Gasteiger partial charge in [-0.25, -0.2) is 14.0 Å². The number of aryl methyl sites for hydroxylation is 5. The Labute approximate surface area is 428 Å². The number of pyridine rings is 2. The number of aliphatic hydroxyl groups excluding tert-OH is 2. The van der Waals surface area contributed by atoms with Crippen LogP contribution in [-0.4, -0.2) is 148 Å². The van der Waals surface area contributed by atoms with Gasteiger partial charge in [-0.15, -0.1) is 5.10 Å². The van der Waals surface area contributed by atoms with E-state index >= 15 is 0 Å². The summed E-state index contributed by atoms with van der Waals surface area (Å²) in [5, 5.41) is 64.2. The smallest absolute Gasteiger partial charge is 0.241 e. The first-order valence-electron chi connectivity index (χ1n) is 25.1. The Balaban J connectivity index is 1.12. The molecule has 0 aliphatic carbocycles. The zero-order chi connectivity index (χ0) is 51.9. The van der Waals surface area contributed by atoms with Crippen molar-refractivity contribution < 1.29 is 24.4 Å². The molecule has 0 saturated heterocycles. The van der Waals surface area contributed by atoms with Crippen LogP contribution in [0.3, 0.4) is 0 Å². The van der Waals surface area contributed by atoms with Gasteiger partial charge >= 0.3 is 0 Å². The van der Waals surface area contributed by atoms with Crippen LogP contribution in [0.25, 0.3) is 68.6 Å². The summed E-state index contributed by atoms with van der Waals surface area (Å²) in [4.78, 5) is 14.7. The van der Waals surface area contributed by atoms with E-state index in [0.717, 1.165) is 68.0 Å². The maximum atomic E-state index is 10.2. The van der Waals surface area contributed by atoms with E-state index < -0.39 is 0 Å². The largest absolute Gasteiger partial charge is 0.473 e. The van der Waals surface area contributed by atoms with Gasteiger partial charge < -0.3 is 24.4 Å². The average molecular weight is 1010 g/mol. The molecule has 22 heteroatoms. The van der Waals surface area contributed by atoms with Crippen LogP contribution in [-0.2, 0) is 46.3 Å². The molecule has 10 heterocycles. The maximum absolute atomic E-state index is 10.2. The molecule has 8 aromatic heterocycles. The Hall–Kier alpha value is -7.71. The number of ether oxygens (including phenoxy) is 3. The van der Waals surface area contributed by atoms with E-state index in [-0.39, 0.29) is 45.2 Å². The summed E-state index contributed by atoms with van der Waals surface area (Å²) in [6.07, 6.45) is 9.98. The number of nitriles is 1. The van der Waals surface area contributed by atoms with Crippen molar-refractivity contribution in [3.05, 3.63) is 75.0 Å². The summed E-state index contributed by atoms with van der Waals surface area (Å²) in [6, 6.07) is 6.11. The van der Waals surface area contributed by atoms with E-state index in [1.54, 1.807) is 9.36 Å². The molecular weight excluding hydrogens is 943 g/mol. The summed E-state index contributed by atoms with van der Waals surface area (Å²) >= 11 is 0. The lowest BCUT2D eigenvalue weighted by atomic mass is 10.1. The Morgan fingerprint density at radius 3 is 2.23 bits per heavy atom. The van der Waals surface area contributed by atoms with Crippen molar-refractivity contribution in [2.75, 3.05) is 46.5 Å². The monoisotopic (exact) mass is 1010 g/mol. The molecule has 4 bridgehead atoms. The molecule has 0 aromatic carbocycles. The van der Waals surface area contributed by atoms with Crippen molar-refractivity contribution in [2.45, 2.75) is 99.9 Å². The van der Waals surface area contributed by atoms with Crippen LogP contribution in [0.5, 0.6) is 17.6 Å². The molecule has 0 spiro atoms. The van der Waals surface area contributed by atoms with Gasteiger partial charge in [-0.3, -0.25) is 34.2 Å². The maximum Gasteiger partial charge on any atom is 0.241 e. The summed E-state index contributed by atoms with van der Waals surface area (Å²) < 4.78 is 28.9. The number of hydrogen-bond acceptors (Lipinski definition) is 16. The zero-order valence-electron chi connectivity index (χ0n) is 43.5. The lowest BCUT2D eigenvalue weighted by Gasteiger charge is -2.26. The van der Waals surface area contributed by atoms with E-state index in [1.165, 1.54) is 0 Å². The summed E-state index contributed by atoms with van der Waals surface area (Å²) in [6.45, 7) is 17.5. The number of fused-ring (bicyclic) bond motifs is 8. The van der Waals surface area contributed by atoms with Gasteiger partial charge in [0.25, 0.3) is 0 Å². The molecule has 2 aliphatic heterocycles. The molecule has 0 unspecified atom stereocenters. The van der Waals surface area contributed by atoms with Crippen molar-refractivity contribution in [2.24, 2.45) is 7.05 Å². The third kappa shape index (κ3) is 9.31. The van der Waals surface area contributed by atoms with Gasteiger partial charge in [0.15, 0.2) is 6.61 Å². The van der Waals surface area contributed by atoms with Crippen molar-refractivity contribution >= 4 is 46.1 Å². The number of nitrogens with one attached hydrogen (secondary N) is 1. The number of aromatic amines is 1. The lowest BCUT2D eigenvalue weighted by Crippen LogP contribution is -2.34. The van der Waals surface area contributed by atoms with Gasteiger partial charge in [0.1, 0.15) is 30.5 Å². The van der Waals surface area contributed by atoms with E-state index in [9.17, 15) is 15.5 Å². The molecule has 386 valence electrons. The van der Waals surface area contributed by atoms with Crippen LogP contribution in [0.1, 0.15) is 84.4 Å². The second-order valence-electron chi connectivity index (χ2n) is 19.1. The fraction of sp³-hybridized carbons (Fsp3) is 0.442. The highest BCUT2D eigenvalue weighted by molar-refractivity contribution is 5.94. The number of nitrogens with zero attached hydrogens (tertiary/aromatic N) is 16. The molecule has 0 fully saturated rings. The SMILES string of the molecule is CCc1nn(CCO)c2c1/C=C/c1nn(Cn3nc(C)c4c3O[C@@H](C)CN(C)Cc3c(c(OCC#N)nn3CCO)/C=C/c3[nH]nc5c(C)nc-4cc35)c3cnc(cc13)-c1c(C)nn(C)c1O[C@@H](C)CN(CC)C2. The lowest BCUT2D eigenvalue weighted by molar-refractivity contribution is 0.133. The predicted octanol–water partition coefficient (Wildman–Crippen LogP) is 5.40. The number of rotatable bonds is 10. The van der Waals surface area contributed by atoms with Crippen LogP contribution in [0.15, 0.2) is 18.3 Å². The fourth-order valence-corrected chi connectivity index (χ4v) is 10.4. The molecular formula is C52H63N17O5. The molecule has 0 radical (unpaired) electrons. The second kappa shape index (κ2) is 20.7. The van der Waals surface area contributed by atoms with Crippen molar-refractivity contribution in [3.8, 4) is 46.2 Å².